The highest BCUT2D eigenvalue weighted by Gasteiger charge is 2.34. The van der Waals surface area contributed by atoms with Gasteiger partial charge in [-0.2, -0.15) is 4.31 Å². The number of nitrogens with zero attached hydrogens (tertiary/aromatic N) is 3. The summed E-state index contributed by atoms with van der Waals surface area (Å²) in [4.78, 5) is 29.0. The molecule has 3 aliphatic rings. The van der Waals surface area contributed by atoms with E-state index in [1.54, 1.807) is 17.0 Å². The van der Waals surface area contributed by atoms with Gasteiger partial charge in [-0.3, -0.25) is 9.59 Å². The van der Waals surface area contributed by atoms with Crippen molar-refractivity contribution in [1.82, 2.24) is 9.21 Å². The molecule has 0 aliphatic carbocycles. The molecule has 0 atom stereocenters. The van der Waals surface area contributed by atoms with E-state index in [-0.39, 0.29) is 24.9 Å². The van der Waals surface area contributed by atoms with Crippen molar-refractivity contribution in [3.63, 3.8) is 0 Å². The van der Waals surface area contributed by atoms with E-state index < -0.39 is 10.0 Å². The lowest BCUT2D eigenvalue weighted by atomic mass is 9.92. The third kappa shape index (κ3) is 3.51. The van der Waals surface area contributed by atoms with E-state index in [2.05, 4.69) is 0 Å². The number of aryl methyl sites for hydroxylation is 3. The van der Waals surface area contributed by atoms with Crippen molar-refractivity contribution in [2.45, 2.75) is 37.5 Å². The highest BCUT2D eigenvalue weighted by molar-refractivity contribution is 7.89. The first-order valence-corrected chi connectivity index (χ1v) is 12.6. The largest absolute Gasteiger partial charge is 0.336 e. The van der Waals surface area contributed by atoms with Gasteiger partial charge >= 0.3 is 0 Å². The van der Waals surface area contributed by atoms with Gasteiger partial charge in [0.15, 0.2) is 0 Å². The molecular weight excluding hydrogens is 426 g/mol. The molecule has 0 unspecified atom stereocenters. The van der Waals surface area contributed by atoms with Gasteiger partial charge in [0.25, 0.3) is 5.91 Å². The minimum Gasteiger partial charge on any atom is -0.336 e. The summed E-state index contributed by atoms with van der Waals surface area (Å²) >= 11 is 0. The van der Waals surface area contributed by atoms with Crippen molar-refractivity contribution in [1.29, 1.82) is 0 Å². The molecule has 2 aromatic carbocycles. The van der Waals surface area contributed by atoms with Crippen molar-refractivity contribution in [2.24, 2.45) is 0 Å². The Balaban J connectivity index is 1.36. The molecule has 32 heavy (non-hydrogen) atoms. The summed E-state index contributed by atoms with van der Waals surface area (Å²) < 4.78 is 28.4. The molecule has 1 fully saturated rings. The van der Waals surface area contributed by atoms with Crippen molar-refractivity contribution in [3.05, 3.63) is 58.7 Å². The standard InChI is InChI=1S/C24H27N3O4S/c1-17-5-2-3-7-21(17)24(29)25-11-13-26(14-12-25)32(30,31)20-15-18-6-4-10-27-22(28)9-8-19(16-20)23(18)27/h2-3,5,7,15-16H,4,6,8-14H2,1H3. The summed E-state index contributed by atoms with van der Waals surface area (Å²) in [5.74, 6) is 0.0756. The molecule has 0 bridgehead atoms. The molecule has 2 amide bonds. The Morgan fingerprint density at radius 3 is 2.31 bits per heavy atom. The molecule has 0 N–H and O–H groups in total. The van der Waals surface area contributed by atoms with Crippen molar-refractivity contribution >= 4 is 27.5 Å². The fourth-order valence-corrected chi connectivity index (χ4v) is 6.56. The Bertz CT molecular complexity index is 1180. The van der Waals surface area contributed by atoms with Crippen molar-refractivity contribution < 1.29 is 18.0 Å². The van der Waals surface area contributed by atoms with Gasteiger partial charge in [-0.05, 0) is 61.1 Å². The number of amides is 2. The van der Waals surface area contributed by atoms with Crippen LogP contribution in [0.25, 0.3) is 0 Å². The van der Waals surface area contributed by atoms with Crippen LogP contribution in [0.4, 0.5) is 5.69 Å². The van der Waals surface area contributed by atoms with Crippen LogP contribution in [0.5, 0.6) is 0 Å². The maximum Gasteiger partial charge on any atom is 0.254 e. The van der Waals surface area contributed by atoms with Crippen LogP contribution in [0.1, 0.15) is 39.9 Å². The van der Waals surface area contributed by atoms with E-state index >= 15 is 0 Å². The minimum atomic E-state index is -3.67. The fraction of sp³-hybridized carbons (Fsp3) is 0.417. The van der Waals surface area contributed by atoms with Crippen LogP contribution in [0, 0.1) is 6.92 Å². The average molecular weight is 454 g/mol. The first kappa shape index (κ1) is 21.2. The molecule has 0 aromatic heterocycles. The Hall–Kier alpha value is -2.71. The topological polar surface area (TPSA) is 78.0 Å². The predicted octanol–water partition coefficient (Wildman–Crippen LogP) is 2.37. The molecule has 3 aliphatic heterocycles. The smallest absolute Gasteiger partial charge is 0.254 e. The SMILES string of the molecule is Cc1ccccc1C(=O)N1CCN(S(=O)(=O)c2cc3c4c(c2)CCC(=O)N4CCC3)CC1. The number of hydrogen-bond acceptors (Lipinski definition) is 4. The Labute approximate surface area is 188 Å². The Morgan fingerprint density at radius 1 is 0.906 bits per heavy atom. The Kier molecular flexibility index (Phi) is 5.29. The maximum absolute atomic E-state index is 13.4. The monoisotopic (exact) mass is 453 g/mol. The molecular formula is C24H27N3O4S. The van der Waals surface area contributed by atoms with Crippen LogP contribution in [-0.4, -0.2) is 62.2 Å². The summed E-state index contributed by atoms with van der Waals surface area (Å²) in [5.41, 5.74) is 4.42. The maximum atomic E-state index is 13.4. The number of piperazine rings is 1. The third-order valence-corrected chi connectivity index (χ3v) is 8.66. The van der Waals surface area contributed by atoms with Crippen LogP contribution < -0.4 is 4.90 Å². The number of benzene rings is 2. The third-order valence-electron chi connectivity index (χ3n) is 6.79. The number of rotatable bonds is 3. The lowest BCUT2D eigenvalue weighted by molar-refractivity contribution is -0.119. The molecule has 0 spiro atoms. The van der Waals surface area contributed by atoms with Crippen molar-refractivity contribution in [2.75, 3.05) is 37.6 Å². The van der Waals surface area contributed by atoms with Gasteiger partial charge < -0.3 is 9.80 Å². The summed E-state index contributed by atoms with van der Waals surface area (Å²) in [6, 6.07) is 11.0. The zero-order valence-corrected chi connectivity index (χ0v) is 19.0. The molecule has 3 heterocycles. The summed E-state index contributed by atoms with van der Waals surface area (Å²) in [5, 5.41) is 0. The van der Waals surface area contributed by atoms with Crippen molar-refractivity contribution in [3.8, 4) is 0 Å². The summed E-state index contributed by atoms with van der Waals surface area (Å²) in [6.45, 7) is 3.90. The van der Waals surface area contributed by atoms with E-state index in [9.17, 15) is 18.0 Å². The van der Waals surface area contributed by atoms with E-state index in [4.69, 9.17) is 0 Å². The second kappa shape index (κ2) is 8.01. The molecule has 2 aromatic rings. The molecule has 0 radical (unpaired) electrons. The van der Waals surface area contributed by atoms with Crippen LogP contribution in [0.15, 0.2) is 41.3 Å². The van der Waals surface area contributed by atoms with Gasteiger partial charge in [0.1, 0.15) is 0 Å². The normalized spacial score (nSPS) is 19.1. The predicted molar refractivity (Wildman–Crippen MR) is 121 cm³/mol. The second-order valence-corrected chi connectivity index (χ2v) is 10.7. The molecule has 8 heteroatoms. The molecule has 7 nitrogen and oxygen atoms in total. The van der Waals surface area contributed by atoms with Crippen LogP contribution in [0.2, 0.25) is 0 Å². The summed E-state index contributed by atoms with van der Waals surface area (Å²) in [7, 11) is -3.67. The highest BCUT2D eigenvalue weighted by atomic mass is 32.2. The Morgan fingerprint density at radius 2 is 1.59 bits per heavy atom. The zero-order valence-electron chi connectivity index (χ0n) is 18.2. The zero-order chi connectivity index (χ0) is 22.5. The molecule has 0 saturated carbocycles. The second-order valence-electron chi connectivity index (χ2n) is 8.75. The molecule has 168 valence electrons. The van der Waals surface area contributed by atoms with E-state index in [0.29, 0.717) is 42.9 Å². The number of hydrogen-bond donors (Lipinski definition) is 0. The van der Waals surface area contributed by atoms with E-state index in [1.807, 2.05) is 36.1 Å². The summed E-state index contributed by atoms with van der Waals surface area (Å²) in [6.07, 6.45) is 2.64. The van der Waals surface area contributed by atoms with E-state index in [0.717, 1.165) is 35.2 Å². The van der Waals surface area contributed by atoms with Gasteiger partial charge in [0.2, 0.25) is 15.9 Å². The lowest BCUT2D eigenvalue weighted by Crippen LogP contribution is -2.50. The quantitative estimate of drug-likeness (QED) is 0.715. The van der Waals surface area contributed by atoms with Gasteiger partial charge in [-0.1, -0.05) is 18.2 Å². The molecule has 5 rings (SSSR count). The molecule has 1 saturated heterocycles. The number of carbonyl (C=O) groups is 2. The number of carbonyl (C=O) groups excluding carboxylic acids is 2. The minimum absolute atomic E-state index is 0.0527. The van der Waals surface area contributed by atoms with Gasteiger partial charge in [-0.25, -0.2) is 8.42 Å². The lowest BCUT2D eigenvalue weighted by Gasteiger charge is -2.37. The van der Waals surface area contributed by atoms with Crippen LogP contribution in [-0.2, 0) is 27.7 Å². The van der Waals surface area contributed by atoms with Gasteiger partial charge in [0.05, 0.1) is 10.6 Å². The van der Waals surface area contributed by atoms with Crippen LogP contribution in [0.3, 0.4) is 0 Å². The fourth-order valence-electron chi connectivity index (χ4n) is 5.03. The highest BCUT2D eigenvalue weighted by Crippen LogP contribution is 2.38. The average Bonchev–Trinajstić information content (AvgIpc) is 2.81. The van der Waals surface area contributed by atoms with Crippen LogP contribution >= 0.6 is 0 Å². The van der Waals surface area contributed by atoms with Gasteiger partial charge in [-0.15, -0.1) is 0 Å². The number of anilines is 1. The van der Waals surface area contributed by atoms with Gasteiger partial charge in [0, 0.05) is 44.7 Å². The number of sulfonamides is 1. The first-order valence-electron chi connectivity index (χ1n) is 11.2. The first-order chi connectivity index (χ1) is 15.4. The van der Waals surface area contributed by atoms with E-state index in [1.165, 1.54) is 4.31 Å².